The maximum atomic E-state index is 13.6. The van der Waals surface area contributed by atoms with Crippen LogP contribution < -0.4 is 15.1 Å². The van der Waals surface area contributed by atoms with Crippen LogP contribution >= 0.6 is 11.6 Å². The Morgan fingerprint density at radius 2 is 1.74 bits per heavy atom. The van der Waals surface area contributed by atoms with Crippen LogP contribution in [0.2, 0.25) is 5.02 Å². The smallest absolute Gasteiger partial charge is 0.278 e. The Kier molecular flexibility index (Phi) is 9.08. The highest BCUT2D eigenvalue weighted by molar-refractivity contribution is 6.31. The topological polar surface area (TPSA) is 45.6 Å². The van der Waals surface area contributed by atoms with Crippen molar-refractivity contribution in [1.29, 1.82) is 5.41 Å². The molecule has 2 aromatic rings. The van der Waals surface area contributed by atoms with Gasteiger partial charge in [0.1, 0.15) is 0 Å². The van der Waals surface area contributed by atoms with Gasteiger partial charge in [-0.05, 0) is 73.9 Å². The molecule has 2 saturated heterocycles. The lowest BCUT2D eigenvalue weighted by atomic mass is 9.85. The number of alkyl halides is 2. The fourth-order valence-corrected chi connectivity index (χ4v) is 6.22. The zero-order valence-electron chi connectivity index (χ0n) is 22.8. The van der Waals surface area contributed by atoms with Crippen LogP contribution in [0.1, 0.15) is 39.0 Å². The molecule has 1 saturated carbocycles. The summed E-state index contributed by atoms with van der Waals surface area (Å²) in [5.74, 6) is 0.920. The van der Waals surface area contributed by atoms with Gasteiger partial charge >= 0.3 is 0 Å². The highest BCUT2D eigenvalue weighted by Crippen LogP contribution is 2.36. The fraction of sp³-hybridized carbons (Fsp3) is 0.516. The summed E-state index contributed by atoms with van der Waals surface area (Å²) in [5, 5.41) is 11.1. The fourth-order valence-electron chi connectivity index (χ4n) is 6.05. The van der Waals surface area contributed by atoms with Crippen molar-refractivity contribution in [3.63, 3.8) is 0 Å². The van der Waals surface area contributed by atoms with Crippen LogP contribution in [0.25, 0.3) is 11.1 Å². The monoisotopic (exact) mass is 555 g/mol. The van der Waals surface area contributed by atoms with Crippen LogP contribution in [-0.2, 0) is 0 Å². The van der Waals surface area contributed by atoms with Gasteiger partial charge in [0, 0.05) is 80.0 Å². The number of nitrogens with zero attached hydrogens (tertiary/aromatic N) is 3. The highest BCUT2D eigenvalue weighted by atomic mass is 35.5. The van der Waals surface area contributed by atoms with Crippen LogP contribution in [0.5, 0.6) is 0 Å². The first-order valence-electron chi connectivity index (χ1n) is 14.3. The average molecular weight is 556 g/mol. The molecule has 2 N–H and O–H groups in total. The minimum atomic E-state index is -2.63. The molecular weight excluding hydrogens is 516 g/mol. The summed E-state index contributed by atoms with van der Waals surface area (Å²) in [7, 11) is 0. The zero-order chi connectivity index (χ0) is 27.4. The van der Waals surface area contributed by atoms with Crippen molar-refractivity contribution in [2.45, 2.75) is 51.5 Å². The molecule has 0 spiro atoms. The summed E-state index contributed by atoms with van der Waals surface area (Å²) in [6.07, 6.45) is 4.26. The number of halogens is 3. The normalized spacial score (nSPS) is 21.5. The van der Waals surface area contributed by atoms with Gasteiger partial charge in [0.15, 0.2) is 0 Å². The SMILES string of the molecule is C/C(C=N)=C(/NC1CCCN(c2cc(Cl)ccc2-c2ccc(N3CCN(CC4CCC4)CC3)cc2)C1)C(F)F. The second-order valence-corrected chi connectivity index (χ2v) is 11.7. The Balaban J connectivity index is 1.28. The number of piperazine rings is 1. The lowest BCUT2D eigenvalue weighted by Crippen LogP contribution is -2.48. The van der Waals surface area contributed by atoms with Gasteiger partial charge in [-0.15, -0.1) is 0 Å². The molecule has 0 bridgehead atoms. The van der Waals surface area contributed by atoms with Crippen LogP contribution in [0.15, 0.2) is 53.7 Å². The predicted molar refractivity (Wildman–Crippen MR) is 159 cm³/mol. The predicted octanol–water partition coefficient (Wildman–Crippen LogP) is 6.68. The van der Waals surface area contributed by atoms with Crippen molar-refractivity contribution < 1.29 is 8.78 Å². The maximum absolute atomic E-state index is 13.6. The molecule has 1 unspecified atom stereocenters. The number of allylic oxidation sites excluding steroid dienone is 2. The van der Waals surface area contributed by atoms with Crippen molar-refractivity contribution in [3.8, 4) is 11.1 Å². The summed E-state index contributed by atoms with van der Waals surface area (Å²) < 4.78 is 27.3. The molecular formula is C31H40ClF2N5. The van der Waals surface area contributed by atoms with E-state index in [1.165, 1.54) is 31.5 Å². The van der Waals surface area contributed by atoms with E-state index in [1.807, 2.05) is 12.1 Å². The van der Waals surface area contributed by atoms with E-state index in [0.29, 0.717) is 11.6 Å². The Morgan fingerprint density at radius 3 is 2.38 bits per heavy atom. The van der Waals surface area contributed by atoms with Gasteiger partial charge in [-0.25, -0.2) is 8.78 Å². The average Bonchev–Trinajstić information content (AvgIpc) is 2.94. The van der Waals surface area contributed by atoms with E-state index >= 15 is 0 Å². The van der Waals surface area contributed by atoms with E-state index in [0.717, 1.165) is 74.5 Å². The van der Waals surface area contributed by atoms with Crippen molar-refractivity contribution in [2.24, 2.45) is 5.92 Å². The van der Waals surface area contributed by atoms with Gasteiger partial charge in [-0.2, -0.15) is 0 Å². The van der Waals surface area contributed by atoms with E-state index in [9.17, 15) is 8.78 Å². The number of anilines is 2. The van der Waals surface area contributed by atoms with Crippen molar-refractivity contribution in [2.75, 3.05) is 55.6 Å². The molecule has 3 aliphatic rings. The number of benzene rings is 2. The zero-order valence-corrected chi connectivity index (χ0v) is 23.6. The Labute approximate surface area is 236 Å². The third-order valence-electron chi connectivity index (χ3n) is 8.60. The number of hydrogen-bond donors (Lipinski definition) is 2. The molecule has 2 aliphatic heterocycles. The first-order chi connectivity index (χ1) is 18.9. The number of hydrogen-bond acceptors (Lipinski definition) is 5. The summed E-state index contributed by atoms with van der Waals surface area (Å²) in [4.78, 5) is 7.36. The van der Waals surface area contributed by atoms with E-state index < -0.39 is 6.43 Å². The van der Waals surface area contributed by atoms with Gasteiger partial charge in [0.2, 0.25) is 0 Å². The van der Waals surface area contributed by atoms with Gasteiger partial charge < -0.3 is 20.5 Å². The number of rotatable bonds is 9. The molecule has 2 heterocycles. The van der Waals surface area contributed by atoms with Gasteiger partial charge in [-0.1, -0.05) is 36.2 Å². The lowest BCUT2D eigenvalue weighted by Gasteiger charge is -2.39. The number of piperidine rings is 1. The molecule has 0 radical (unpaired) electrons. The van der Waals surface area contributed by atoms with Gasteiger partial charge in [-0.3, -0.25) is 4.90 Å². The van der Waals surface area contributed by atoms with Crippen LogP contribution in [0, 0.1) is 11.3 Å². The van der Waals surface area contributed by atoms with Crippen LogP contribution in [-0.4, -0.2) is 69.4 Å². The van der Waals surface area contributed by atoms with Gasteiger partial charge in [0.25, 0.3) is 6.43 Å². The molecule has 39 heavy (non-hydrogen) atoms. The Bertz CT molecular complexity index is 1160. The quantitative estimate of drug-likeness (QED) is 0.339. The second kappa shape index (κ2) is 12.7. The second-order valence-electron chi connectivity index (χ2n) is 11.3. The molecule has 5 rings (SSSR count). The minimum Gasteiger partial charge on any atom is -0.379 e. The standard InChI is InChI=1S/C31H40ClF2N5/c1-22(19-35)30(31(33)34)36-26-6-3-13-39(21-26)29-18-25(32)9-12-28(29)24-7-10-27(11-8-24)38-16-14-37(15-17-38)20-23-4-2-5-23/h7-12,18-19,23,26,31,35-36H,2-6,13-17,20-21H2,1H3/b30-22-,35-19?. The molecule has 8 heteroatoms. The summed E-state index contributed by atoms with van der Waals surface area (Å²) in [6, 6.07) is 14.6. The third-order valence-corrected chi connectivity index (χ3v) is 8.83. The first kappa shape index (κ1) is 27.9. The summed E-state index contributed by atoms with van der Waals surface area (Å²) >= 11 is 6.44. The molecule has 1 atom stereocenters. The maximum Gasteiger partial charge on any atom is 0.278 e. The largest absolute Gasteiger partial charge is 0.379 e. The molecule has 1 aliphatic carbocycles. The molecule has 210 valence electrons. The molecule has 0 amide bonds. The van der Waals surface area contributed by atoms with Crippen LogP contribution in [0.3, 0.4) is 0 Å². The third kappa shape index (κ3) is 6.75. The minimum absolute atomic E-state index is 0.130. The Hall–Kier alpha value is -2.64. The molecule has 5 nitrogen and oxygen atoms in total. The van der Waals surface area contributed by atoms with E-state index in [4.69, 9.17) is 17.0 Å². The van der Waals surface area contributed by atoms with Crippen LogP contribution in [0.4, 0.5) is 20.2 Å². The summed E-state index contributed by atoms with van der Waals surface area (Å²) in [6.45, 7) is 8.64. The molecule has 2 aromatic carbocycles. The first-order valence-corrected chi connectivity index (χ1v) is 14.7. The summed E-state index contributed by atoms with van der Waals surface area (Å²) in [5.41, 5.74) is 4.62. The number of nitrogens with one attached hydrogen (secondary N) is 2. The lowest BCUT2D eigenvalue weighted by molar-refractivity contribution is 0.170. The Morgan fingerprint density at radius 1 is 1.00 bits per heavy atom. The van der Waals surface area contributed by atoms with E-state index in [1.54, 1.807) is 6.92 Å². The van der Waals surface area contributed by atoms with Crippen molar-refractivity contribution >= 4 is 29.2 Å². The van der Waals surface area contributed by atoms with E-state index in [-0.39, 0.29) is 17.3 Å². The van der Waals surface area contributed by atoms with Crippen molar-refractivity contribution in [1.82, 2.24) is 10.2 Å². The van der Waals surface area contributed by atoms with Crippen molar-refractivity contribution in [3.05, 3.63) is 58.8 Å². The highest BCUT2D eigenvalue weighted by Gasteiger charge is 2.26. The van der Waals surface area contributed by atoms with E-state index in [2.05, 4.69) is 50.3 Å². The van der Waals surface area contributed by atoms with Gasteiger partial charge in [0.05, 0.1) is 5.70 Å². The molecule has 0 aromatic heterocycles. The molecule has 3 fully saturated rings.